The van der Waals surface area contributed by atoms with E-state index < -0.39 is 12.5 Å². The molecule has 6 nitrogen and oxygen atoms in total. The first-order valence-corrected chi connectivity index (χ1v) is 8.03. The van der Waals surface area contributed by atoms with Crippen molar-refractivity contribution in [2.75, 3.05) is 5.32 Å². The highest BCUT2D eigenvalue weighted by Crippen LogP contribution is 2.17. The lowest BCUT2D eigenvalue weighted by molar-refractivity contribution is -0.111. The molecule has 2 aromatic carbocycles. The van der Waals surface area contributed by atoms with Gasteiger partial charge in [0.05, 0.1) is 0 Å². The van der Waals surface area contributed by atoms with Crippen LogP contribution in [0.4, 0.5) is 14.7 Å². The Kier molecular flexibility index (Phi) is 5.55. The molecule has 138 valence electrons. The highest BCUT2D eigenvalue weighted by molar-refractivity contribution is 6.00. The molecule has 1 aromatic heterocycles. The Hall–Kier alpha value is -3.55. The Balaban J connectivity index is 1.59. The summed E-state index contributed by atoms with van der Waals surface area (Å²) in [6, 6.07) is 13.6. The third-order valence-corrected chi connectivity index (χ3v) is 3.58. The minimum absolute atomic E-state index is 0.0518. The number of aryl methyl sites for hydroxylation is 1. The molecule has 1 heterocycles. The molecule has 3 rings (SSSR count). The Morgan fingerprint density at radius 1 is 1.15 bits per heavy atom. The predicted octanol–water partition coefficient (Wildman–Crippen LogP) is 4.03. The van der Waals surface area contributed by atoms with E-state index in [1.165, 1.54) is 24.3 Å². The van der Waals surface area contributed by atoms with Crippen molar-refractivity contribution in [2.45, 2.75) is 13.5 Å². The molecule has 1 amide bonds. The van der Waals surface area contributed by atoms with Crippen LogP contribution in [0.25, 0.3) is 17.5 Å². The Labute approximate surface area is 153 Å². The van der Waals surface area contributed by atoms with Gasteiger partial charge in [-0.25, -0.2) is 0 Å². The molecule has 0 aliphatic heterocycles. The standard InChI is InChI=1S/C19H16F2N4O2/c1-12-2-7-14(8-3-12)17-23-19(25-24-17)22-16(26)11-6-13-4-9-15(10-5-13)27-18(20)21/h2-11,18H,1H3,(H2,22,23,24,25,26)/b11-6+. The first kappa shape index (κ1) is 18.2. The van der Waals surface area contributed by atoms with Crippen LogP contribution in [0.5, 0.6) is 5.75 Å². The van der Waals surface area contributed by atoms with Crippen LogP contribution in [-0.2, 0) is 4.79 Å². The van der Waals surface area contributed by atoms with Gasteiger partial charge in [-0.05, 0) is 30.7 Å². The van der Waals surface area contributed by atoms with Crippen molar-refractivity contribution < 1.29 is 18.3 Å². The summed E-state index contributed by atoms with van der Waals surface area (Å²) in [7, 11) is 0. The zero-order chi connectivity index (χ0) is 19.2. The average molecular weight is 370 g/mol. The number of ether oxygens (including phenoxy) is 1. The maximum Gasteiger partial charge on any atom is 0.387 e. The van der Waals surface area contributed by atoms with Crippen LogP contribution >= 0.6 is 0 Å². The van der Waals surface area contributed by atoms with E-state index in [4.69, 9.17) is 0 Å². The van der Waals surface area contributed by atoms with Gasteiger partial charge in [0.1, 0.15) is 5.75 Å². The van der Waals surface area contributed by atoms with Crippen molar-refractivity contribution in [2.24, 2.45) is 0 Å². The van der Waals surface area contributed by atoms with Crippen molar-refractivity contribution in [3.05, 3.63) is 65.7 Å². The summed E-state index contributed by atoms with van der Waals surface area (Å²) in [5.41, 5.74) is 2.64. The molecule has 0 saturated heterocycles. The Morgan fingerprint density at radius 3 is 2.52 bits per heavy atom. The van der Waals surface area contributed by atoms with Crippen LogP contribution in [0.15, 0.2) is 54.6 Å². The first-order chi connectivity index (χ1) is 13.0. The lowest BCUT2D eigenvalue weighted by atomic mass is 10.1. The molecule has 0 spiro atoms. The molecule has 0 unspecified atom stereocenters. The van der Waals surface area contributed by atoms with Crippen LogP contribution < -0.4 is 10.1 Å². The summed E-state index contributed by atoms with van der Waals surface area (Å²) in [4.78, 5) is 16.2. The van der Waals surface area contributed by atoms with Crippen LogP contribution in [0.1, 0.15) is 11.1 Å². The average Bonchev–Trinajstić information content (AvgIpc) is 3.09. The molecule has 27 heavy (non-hydrogen) atoms. The molecule has 0 bridgehead atoms. The molecule has 0 fully saturated rings. The zero-order valence-electron chi connectivity index (χ0n) is 14.3. The van der Waals surface area contributed by atoms with E-state index in [1.54, 1.807) is 12.1 Å². The fourth-order valence-corrected chi connectivity index (χ4v) is 2.24. The van der Waals surface area contributed by atoms with Crippen LogP contribution in [0.3, 0.4) is 0 Å². The summed E-state index contributed by atoms with van der Waals surface area (Å²) < 4.78 is 28.5. The van der Waals surface area contributed by atoms with Gasteiger partial charge in [-0.2, -0.15) is 13.8 Å². The smallest absolute Gasteiger partial charge is 0.387 e. The van der Waals surface area contributed by atoms with Crippen molar-refractivity contribution >= 4 is 17.9 Å². The Bertz CT molecular complexity index is 935. The molecular formula is C19H16F2N4O2. The van der Waals surface area contributed by atoms with Gasteiger partial charge in [-0.1, -0.05) is 42.0 Å². The second-order valence-electron chi connectivity index (χ2n) is 5.64. The van der Waals surface area contributed by atoms with E-state index in [0.29, 0.717) is 11.4 Å². The maximum atomic E-state index is 12.1. The highest BCUT2D eigenvalue weighted by atomic mass is 19.3. The summed E-state index contributed by atoms with van der Waals surface area (Å²) in [6.07, 6.45) is 2.83. The molecule has 0 radical (unpaired) electrons. The molecule has 0 aliphatic carbocycles. The number of rotatable bonds is 6. The van der Waals surface area contributed by atoms with Gasteiger partial charge >= 0.3 is 6.61 Å². The van der Waals surface area contributed by atoms with Gasteiger partial charge in [-0.3, -0.25) is 15.2 Å². The SMILES string of the molecule is Cc1ccc(-c2nc(NC(=O)/C=C/c3ccc(OC(F)F)cc3)n[nH]2)cc1. The van der Waals surface area contributed by atoms with Gasteiger partial charge in [0.25, 0.3) is 5.91 Å². The monoisotopic (exact) mass is 370 g/mol. The van der Waals surface area contributed by atoms with Crippen LogP contribution in [-0.4, -0.2) is 27.7 Å². The molecule has 2 N–H and O–H groups in total. The van der Waals surface area contributed by atoms with Crippen molar-refractivity contribution in [1.82, 2.24) is 15.2 Å². The number of nitrogens with one attached hydrogen (secondary N) is 2. The second-order valence-corrected chi connectivity index (χ2v) is 5.64. The number of nitrogens with zero attached hydrogens (tertiary/aromatic N) is 2. The predicted molar refractivity (Wildman–Crippen MR) is 97.3 cm³/mol. The van der Waals surface area contributed by atoms with Gasteiger partial charge < -0.3 is 4.74 Å². The normalized spacial score (nSPS) is 11.1. The molecule has 0 aliphatic rings. The maximum absolute atomic E-state index is 12.1. The van der Waals surface area contributed by atoms with Gasteiger partial charge in [0.2, 0.25) is 5.95 Å². The number of amides is 1. The number of carbonyl (C=O) groups is 1. The number of anilines is 1. The minimum atomic E-state index is -2.87. The number of aromatic nitrogens is 3. The molecule has 0 saturated carbocycles. The largest absolute Gasteiger partial charge is 0.435 e. The third kappa shape index (κ3) is 5.21. The number of aromatic amines is 1. The summed E-state index contributed by atoms with van der Waals surface area (Å²) in [5, 5.41) is 9.28. The molecule has 3 aromatic rings. The van der Waals surface area contributed by atoms with E-state index in [2.05, 4.69) is 25.2 Å². The van der Waals surface area contributed by atoms with Gasteiger partial charge in [0.15, 0.2) is 5.82 Å². The fourth-order valence-electron chi connectivity index (χ4n) is 2.24. The molecule has 8 heteroatoms. The third-order valence-electron chi connectivity index (χ3n) is 3.58. The van der Waals surface area contributed by atoms with Crippen molar-refractivity contribution in [3.63, 3.8) is 0 Å². The van der Waals surface area contributed by atoms with Crippen molar-refractivity contribution in [3.8, 4) is 17.1 Å². The number of hydrogen-bond donors (Lipinski definition) is 2. The summed E-state index contributed by atoms with van der Waals surface area (Å²) in [6.45, 7) is -0.884. The minimum Gasteiger partial charge on any atom is -0.435 e. The zero-order valence-corrected chi connectivity index (χ0v) is 14.3. The lowest BCUT2D eigenvalue weighted by Gasteiger charge is -2.03. The lowest BCUT2D eigenvalue weighted by Crippen LogP contribution is -2.09. The fraction of sp³-hybridized carbons (Fsp3) is 0.105. The molecule has 0 atom stereocenters. The number of hydrogen-bond acceptors (Lipinski definition) is 4. The van der Waals surface area contributed by atoms with Crippen molar-refractivity contribution in [1.29, 1.82) is 0 Å². The number of carbonyl (C=O) groups excluding carboxylic acids is 1. The number of alkyl halides is 2. The molecular weight excluding hydrogens is 354 g/mol. The highest BCUT2D eigenvalue weighted by Gasteiger charge is 2.07. The quantitative estimate of drug-likeness (QED) is 0.642. The van der Waals surface area contributed by atoms with Crippen LogP contribution in [0.2, 0.25) is 0 Å². The van der Waals surface area contributed by atoms with E-state index in [-0.39, 0.29) is 11.7 Å². The van der Waals surface area contributed by atoms with E-state index in [9.17, 15) is 13.6 Å². The summed E-state index contributed by atoms with van der Waals surface area (Å²) >= 11 is 0. The van der Waals surface area contributed by atoms with E-state index in [1.807, 2.05) is 31.2 Å². The topological polar surface area (TPSA) is 79.9 Å². The number of benzene rings is 2. The van der Waals surface area contributed by atoms with Gasteiger partial charge in [-0.15, -0.1) is 5.10 Å². The van der Waals surface area contributed by atoms with Gasteiger partial charge in [0, 0.05) is 11.6 Å². The van der Waals surface area contributed by atoms with E-state index >= 15 is 0 Å². The number of halogens is 2. The van der Waals surface area contributed by atoms with E-state index in [0.717, 1.165) is 11.1 Å². The van der Waals surface area contributed by atoms with Crippen LogP contribution in [0, 0.1) is 6.92 Å². The summed E-state index contributed by atoms with van der Waals surface area (Å²) in [5.74, 6) is 0.332. The first-order valence-electron chi connectivity index (χ1n) is 8.03. The second kappa shape index (κ2) is 8.22. The number of H-pyrrole nitrogens is 1. The Morgan fingerprint density at radius 2 is 1.85 bits per heavy atom.